The predicted molar refractivity (Wildman–Crippen MR) is 107 cm³/mol. The van der Waals surface area contributed by atoms with E-state index in [1.807, 2.05) is 19.9 Å². The second kappa shape index (κ2) is 7.08. The predicted octanol–water partition coefficient (Wildman–Crippen LogP) is 3.23. The highest BCUT2D eigenvalue weighted by molar-refractivity contribution is 8.18. The fraction of sp³-hybridized carbons (Fsp3) is 0.250. The lowest BCUT2D eigenvalue weighted by Crippen LogP contribution is -2.36. The maximum Gasteiger partial charge on any atom is 0.294 e. The van der Waals surface area contributed by atoms with Crippen LogP contribution in [0.4, 0.5) is 4.79 Å². The third-order valence-electron chi connectivity index (χ3n) is 4.41. The van der Waals surface area contributed by atoms with E-state index < -0.39 is 23.6 Å². The van der Waals surface area contributed by atoms with E-state index in [0.29, 0.717) is 4.91 Å². The third-order valence-corrected chi connectivity index (χ3v) is 5.32. The number of aryl methyl sites for hydroxylation is 3. The van der Waals surface area contributed by atoms with Crippen LogP contribution in [-0.2, 0) is 9.59 Å². The fourth-order valence-corrected chi connectivity index (χ4v) is 4.17. The summed E-state index contributed by atoms with van der Waals surface area (Å²) in [6.45, 7) is 7.69. The molecule has 6 nitrogen and oxygen atoms in total. The number of carbonyl (C=O) groups excluding carboxylic acids is 3. The van der Waals surface area contributed by atoms with Crippen LogP contribution >= 0.6 is 11.8 Å². The van der Waals surface area contributed by atoms with Gasteiger partial charge in [0.2, 0.25) is 5.91 Å². The van der Waals surface area contributed by atoms with Gasteiger partial charge < -0.3 is 10.3 Å². The SMILES string of the molecule is Cc1cc(C)cc(-n2c(C)cc(/C=C3\SC(=O)N(CC(N)=O)C3=O)c2C)c1. The molecule has 1 aliphatic heterocycles. The van der Waals surface area contributed by atoms with Crippen LogP contribution < -0.4 is 5.73 Å². The standard InChI is InChI=1S/C20H21N3O3S/c1-11-5-12(2)7-16(6-11)23-13(3)8-15(14(23)4)9-17-19(25)22(10-18(21)24)20(26)27-17/h5-9H,10H2,1-4H3,(H2,21,24)/b17-9-. The normalized spacial score (nSPS) is 15.9. The minimum atomic E-state index is -0.716. The van der Waals surface area contributed by atoms with Crippen molar-refractivity contribution < 1.29 is 14.4 Å². The van der Waals surface area contributed by atoms with E-state index in [0.717, 1.165) is 39.3 Å². The molecule has 0 saturated carbocycles. The smallest absolute Gasteiger partial charge is 0.294 e. The molecule has 7 heteroatoms. The lowest BCUT2D eigenvalue weighted by atomic mass is 10.1. The van der Waals surface area contributed by atoms with Crippen LogP contribution in [0.1, 0.15) is 28.1 Å². The van der Waals surface area contributed by atoms with E-state index in [4.69, 9.17) is 5.73 Å². The first-order chi connectivity index (χ1) is 12.7. The van der Waals surface area contributed by atoms with E-state index in [1.54, 1.807) is 6.08 Å². The zero-order chi connectivity index (χ0) is 19.9. The fourth-order valence-electron chi connectivity index (χ4n) is 3.34. The van der Waals surface area contributed by atoms with Gasteiger partial charge in [-0.3, -0.25) is 19.3 Å². The number of imide groups is 1. The summed E-state index contributed by atoms with van der Waals surface area (Å²) in [7, 11) is 0. The summed E-state index contributed by atoms with van der Waals surface area (Å²) < 4.78 is 2.12. The van der Waals surface area contributed by atoms with Crippen LogP contribution in [0, 0.1) is 27.7 Å². The summed E-state index contributed by atoms with van der Waals surface area (Å²) in [6.07, 6.45) is 1.70. The Morgan fingerprint density at radius 1 is 1.07 bits per heavy atom. The van der Waals surface area contributed by atoms with Crippen molar-refractivity contribution in [3.05, 3.63) is 57.2 Å². The minimum Gasteiger partial charge on any atom is -0.368 e. The Balaban J connectivity index is 2.00. The van der Waals surface area contributed by atoms with Gasteiger partial charge in [0.1, 0.15) is 6.54 Å². The van der Waals surface area contributed by atoms with Crippen LogP contribution in [0.5, 0.6) is 0 Å². The van der Waals surface area contributed by atoms with Crippen molar-refractivity contribution in [1.29, 1.82) is 0 Å². The van der Waals surface area contributed by atoms with Gasteiger partial charge in [-0.05, 0) is 80.4 Å². The number of primary amides is 1. The van der Waals surface area contributed by atoms with Crippen molar-refractivity contribution in [2.24, 2.45) is 5.73 Å². The quantitative estimate of drug-likeness (QED) is 0.822. The van der Waals surface area contributed by atoms with Crippen LogP contribution in [0.15, 0.2) is 29.2 Å². The van der Waals surface area contributed by atoms with Crippen molar-refractivity contribution >= 4 is 34.9 Å². The molecular weight excluding hydrogens is 362 g/mol. The van der Waals surface area contributed by atoms with Gasteiger partial charge in [-0.15, -0.1) is 0 Å². The number of carbonyl (C=O) groups is 3. The molecule has 0 spiro atoms. The van der Waals surface area contributed by atoms with E-state index in [1.165, 1.54) is 11.1 Å². The highest BCUT2D eigenvalue weighted by Gasteiger charge is 2.36. The second-order valence-electron chi connectivity index (χ2n) is 6.74. The van der Waals surface area contributed by atoms with Gasteiger partial charge in [-0.2, -0.15) is 0 Å². The molecule has 3 rings (SSSR count). The number of benzene rings is 1. The Labute approximate surface area is 162 Å². The Kier molecular flexibility index (Phi) is 4.97. The lowest BCUT2D eigenvalue weighted by molar-refractivity contribution is -0.127. The molecule has 1 aliphatic rings. The molecule has 27 heavy (non-hydrogen) atoms. The molecule has 2 heterocycles. The first-order valence-corrected chi connectivity index (χ1v) is 9.30. The molecule has 0 bridgehead atoms. The second-order valence-corrected chi connectivity index (χ2v) is 7.74. The maximum atomic E-state index is 12.4. The molecule has 1 aromatic heterocycles. The number of thioether (sulfide) groups is 1. The molecule has 1 saturated heterocycles. The number of rotatable bonds is 4. The first-order valence-electron chi connectivity index (χ1n) is 8.48. The first kappa shape index (κ1) is 19.0. The van der Waals surface area contributed by atoms with Gasteiger partial charge in [0, 0.05) is 17.1 Å². The maximum absolute atomic E-state index is 12.4. The summed E-state index contributed by atoms with van der Waals surface area (Å²) in [5.74, 6) is -1.20. The zero-order valence-electron chi connectivity index (χ0n) is 15.7. The highest BCUT2D eigenvalue weighted by Crippen LogP contribution is 2.33. The van der Waals surface area contributed by atoms with Crippen LogP contribution in [-0.4, -0.2) is 33.1 Å². The van der Waals surface area contributed by atoms with Crippen LogP contribution in [0.2, 0.25) is 0 Å². The summed E-state index contributed by atoms with van der Waals surface area (Å²) in [5, 5.41) is -0.479. The molecule has 2 aromatic rings. The van der Waals surface area contributed by atoms with Crippen molar-refractivity contribution in [3.63, 3.8) is 0 Å². The summed E-state index contributed by atoms with van der Waals surface area (Å²) >= 11 is 0.825. The average Bonchev–Trinajstić information content (AvgIpc) is 2.97. The zero-order valence-corrected chi connectivity index (χ0v) is 16.5. The third kappa shape index (κ3) is 3.68. The number of hydrogen-bond acceptors (Lipinski definition) is 4. The Hall–Kier alpha value is -2.80. The lowest BCUT2D eigenvalue weighted by Gasteiger charge is -2.12. The minimum absolute atomic E-state index is 0.293. The van der Waals surface area contributed by atoms with E-state index >= 15 is 0 Å². The molecule has 1 aromatic carbocycles. The monoisotopic (exact) mass is 383 g/mol. The van der Waals surface area contributed by atoms with Gasteiger partial charge in [-0.1, -0.05) is 6.07 Å². The Morgan fingerprint density at radius 2 is 1.70 bits per heavy atom. The van der Waals surface area contributed by atoms with Crippen molar-refractivity contribution in [3.8, 4) is 5.69 Å². The molecule has 1 fully saturated rings. The molecule has 140 valence electrons. The number of aromatic nitrogens is 1. The summed E-state index contributed by atoms with van der Waals surface area (Å²) in [5.41, 5.74) is 11.4. The summed E-state index contributed by atoms with van der Waals surface area (Å²) in [6, 6.07) is 8.32. The number of nitrogens with two attached hydrogens (primary N) is 1. The van der Waals surface area contributed by atoms with Gasteiger partial charge in [0.05, 0.1) is 4.91 Å². The van der Waals surface area contributed by atoms with E-state index in [2.05, 4.69) is 36.6 Å². The summed E-state index contributed by atoms with van der Waals surface area (Å²) in [4.78, 5) is 36.6. The number of amides is 3. The Bertz CT molecular complexity index is 984. The van der Waals surface area contributed by atoms with E-state index in [-0.39, 0.29) is 0 Å². The topological polar surface area (TPSA) is 85.4 Å². The van der Waals surface area contributed by atoms with Gasteiger partial charge in [-0.25, -0.2) is 0 Å². The molecule has 0 atom stereocenters. The van der Waals surface area contributed by atoms with Crippen LogP contribution in [0.3, 0.4) is 0 Å². The van der Waals surface area contributed by atoms with Gasteiger partial charge >= 0.3 is 0 Å². The van der Waals surface area contributed by atoms with Crippen LogP contribution in [0.25, 0.3) is 11.8 Å². The molecule has 0 radical (unpaired) electrons. The number of nitrogens with zero attached hydrogens (tertiary/aromatic N) is 2. The van der Waals surface area contributed by atoms with Crippen molar-refractivity contribution in [2.45, 2.75) is 27.7 Å². The molecule has 3 amide bonds. The Morgan fingerprint density at radius 3 is 2.30 bits per heavy atom. The molecule has 0 unspecified atom stereocenters. The van der Waals surface area contributed by atoms with E-state index in [9.17, 15) is 14.4 Å². The van der Waals surface area contributed by atoms with Gasteiger partial charge in [0.25, 0.3) is 11.1 Å². The average molecular weight is 383 g/mol. The molecular formula is C20H21N3O3S. The van der Waals surface area contributed by atoms with Crippen molar-refractivity contribution in [1.82, 2.24) is 9.47 Å². The number of hydrogen-bond donors (Lipinski definition) is 1. The highest BCUT2D eigenvalue weighted by atomic mass is 32.2. The van der Waals surface area contributed by atoms with Crippen molar-refractivity contribution in [2.75, 3.05) is 6.54 Å². The largest absolute Gasteiger partial charge is 0.368 e. The molecule has 2 N–H and O–H groups in total. The molecule has 0 aliphatic carbocycles. The van der Waals surface area contributed by atoms with Gasteiger partial charge in [0.15, 0.2) is 0 Å².